The molecule has 0 saturated heterocycles. The van der Waals surface area contributed by atoms with Crippen molar-refractivity contribution in [1.29, 1.82) is 0 Å². The summed E-state index contributed by atoms with van der Waals surface area (Å²) in [6, 6.07) is 7.99. The van der Waals surface area contributed by atoms with Gasteiger partial charge >= 0.3 is 0 Å². The first-order valence-corrected chi connectivity index (χ1v) is 11.5. The summed E-state index contributed by atoms with van der Waals surface area (Å²) in [7, 11) is 4.03. The van der Waals surface area contributed by atoms with Crippen LogP contribution in [0.5, 0.6) is 0 Å². The number of anilines is 3. The molecule has 1 aromatic carbocycles. The molecule has 4 aromatic rings. The van der Waals surface area contributed by atoms with Crippen LogP contribution in [-0.4, -0.2) is 48.6 Å². The van der Waals surface area contributed by atoms with Crippen LogP contribution in [-0.2, 0) is 7.05 Å². The molecule has 0 aliphatic heterocycles. The number of halogens is 1. The van der Waals surface area contributed by atoms with Crippen molar-refractivity contribution < 1.29 is 5.11 Å². The van der Waals surface area contributed by atoms with Crippen LogP contribution in [0.15, 0.2) is 36.7 Å². The van der Waals surface area contributed by atoms with Gasteiger partial charge in [-0.3, -0.25) is 0 Å². The summed E-state index contributed by atoms with van der Waals surface area (Å²) >= 11 is 6.51. The minimum Gasteiger partial charge on any atom is -0.391 e. The lowest BCUT2D eigenvalue weighted by molar-refractivity contribution is 0.163. The van der Waals surface area contributed by atoms with Crippen molar-refractivity contribution in [2.75, 3.05) is 17.3 Å². The van der Waals surface area contributed by atoms with Gasteiger partial charge in [-0.25, -0.2) is 9.67 Å². The van der Waals surface area contributed by atoms with Gasteiger partial charge in [-0.15, -0.1) is 0 Å². The second kappa shape index (κ2) is 8.35. The lowest BCUT2D eigenvalue weighted by atomic mass is 10.1. The van der Waals surface area contributed by atoms with E-state index in [0.29, 0.717) is 11.8 Å². The van der Waals surface area contributed by atoms with Gasteiger partial charge in [-0.2, -0.15) is 10.1 Å². The Labute approximate surface area is 197 Å². The van der Waals surface area contributed by atoms with E-state index in [2.05, 4.69) is 29.9 Å². The van der Waals surface area contributed by atoms with Gasteiger partial charge in [0, 0.05) is 48.6 Å². The molecule has 3 heterocycles. The Morgan fingerprint density at radius 2 is 2.03 bits per heavy atom. The fourth-order valence-electron chi connectivity index (χ4n) is 4.74. The van der Waals surface area contributed by atoms with E-state index in [1.54, 1.807) is 10.9 Å². The highest BCUT2D eigenvalue weighted by Gasteiger charge is 2.30. The molecule has 33 heavy (non-hydrogen) atoms. The molecule has 0 amide bonds. The molecule has 0 spiro atoms. The summed E-state index contributed by atoms with van der Waals surface area (Å²) in [5.74, 6) is 1.14. The number of rotatable bonds is 5. The van der Waals surface area contributed by atoms with Crippen LogP contribution in [0.25, 0.3) is 16.7 Å². The van der Waals surface area contributed by atoms with Crippen molar-refractivity contribution in [1.82, 2.24) is 24.3 Å². The average molecular weight is 466 g/mol. The number of aliphatic hydroxyl groups excluding tert-OH is 1. The van der Waals surface area contributed by atoms with Crippen LogP contribution in [0.1, 0.15) is 30.7 Å². The van der Waals surface area contributed by atoms with Crippen LogP contribution in [0.3, 0.4) is 0 Å². The van der Waals surface area contributed by atoms with Crippen molar-refractivity contribution in [3.63, 3.8) is 0 Å². The summed E-state index contributed by atoms with van der Waals surface area (Å²) in [5.41, 5.74) is 4.85. The third-order valence-electron chi connectivity index (χ3n) is 6.74. The highest BCUT2D eigenvalue weighted by molar-refractivity contribution is 6.36. The van der Waals surface area contributed by atoms with Gasteiger partial charge in [0.1, 0.15) is 0 Å². The van der Waals surface area contributed by atoms with E-state index in [1.807, 2.05) is 58.4 Å². The summed E-state index contributed by atoms with van der Waals surface area (Å²) < 4.78 is 3.84. The summed E-state index contributed by atoms with van der Waals surface area (Å²) in [4.78, 5) is 11.2. The lowest BCUT2D eigenvalue weighted by Crippen LogP contribution is -2.37. The number of benzene rings is 1. The largest absolute Gasteiger partial charge is 0.391 e. The first kappa shape index (κ1) is 21.7. The highest BCUT2D eigenvalue weighted by Crippen LogP contribution is 2.32. The first-order chi connectivity index (χ1) is 15.8. The van der Waals surface area contributed by atoms with Crippen molar-refractivity contribution in [2.24, 2.45) is 7.05 Å². The SMILES string of the molecule is Cc1nn(-c2ccnc(Nc3ccc4c(c3)c(Cl)c(C)n4C)n2)cc1N(C)[C@H]1CCC[C@@H]1O. The predicted molar refractivity (Wildman–Crippen MR) is 132 cm³/mol. The molecule has 2 N–H and O–H groups in total. The molecular formula is C24H28ClN7O. The number of aliphatic hydroxyl groups is 1. The molecule has 3 aromatic heterocycles. The predicted octanol–water partition coefficient (Wildman–Crippen LogP) is 4.52. The van der Waals surface area contributed by atoms with Crippen molar-refractivity contribution in [3.8, 4) is 5.82 Å². The van der Waals surface area contributed by atoms with Gasteiger partial charge in [-0.05, 0) is 51.3 Å². The van der Waals surface area contributed by atoms with E-state index in [0.717, 1.165) is 58.0 Å². The van der Waals surface area contributed by atoms with E-state index in [1.165, 1.54) is 0 Å². The number of fused-ring (bicyclic) bond motifs is 1. The second-order valence-electron chi connectivity index (χ2n) is 8.77. The molecule has 5 rings (SSSR count). The smallest absolute Gasteiger partial charge is 0.229 e. The number of hydrogen-bond acceptors (Lipinski definition) is 6. The summed E-state index contributed by atoms with van der Waals surface area (Å²) in [6.45, 7) is 3.98. The maximum Gasteiger partial charge on any atom is 0.229 e. The zero-order chi connectivity index (χ0) is 23.3. The van der Waals surface area contributed by atoms with Crippen molar-refractivity contribution in [3.05, 3.63) is 53.1 Å². The Morgan fingerprint density at radius 3 is 2.79 bits per heavy atom. The summed E-state index contributed by atoms with van der Waals surface area (Å²) in [6.07, 6.45) is 6.26. The zero-order valence-corrected chi connectivity index (χ0v) is 20.0. The Kier molecular flexibility index (Phi) is 5.50. The zero-order valence-electron chi connectivity index (χ0n) is 19.2. The first-order valence-electron chi connectivity index (χ1n) is 11.2. The fourth-order valence-corrected chi connectivity index (χ4v) is 5.02. The van der Waals surface area contributed by atoms with E-state index >= 15 is 0 Å². The van der Waals surface area contributed by atoms with Crippen LogP contribution in [0.2, 0.25) is 5.02 Å². The van der Waals surface area contributed by atoms with Gasteiger partial charge in [-0.1, -0.05) is 11.6 Å². The molecule has 0 unspecified atom stereocenters. The van der Waals surface area contributed by atoms with E-state index in [4.69, 9.17) is 11.6 Å². The molecule has 0 radical (unpaired) electrons. The molecule has 1 aliphatic carbocycles. The molecule has 2 atom stereocenters. The Balaban J connectivity index is 1.41. The standard InChI is InChI=1S/C24H28ClN7O/c1-14-20(31(4)19-6-5-7-21(19)33)13-32(29-14)22-10-11-26-24(28-22)27-16-8-9-18-17(12-16)23(25)15(2)30(18)3/h8-13,19,21,33H,5-7H2,1-4H3,(H,26,27,28)/t19-,21-/m0/s1. The molecule has 1 fully saturated rings. The average Bonchev–Trinajstić information content (AvgIpc) is 3.47. The molecule has 172 valence electrons. The van der Waals surface area contributed by atoms with Gasteiger partial charge < -0.3 is 19.9 Å². The molecular weight excluding hydrogens is 438 g/mol. The monoisotopic (exact) mass is 465 g/mol. The second-order valence-corrected chi connectivity index (χ2v) is 9.15. The van der Waals surface area contributed by atoms with E-state index in [-0.39, 0.29) is 12.1 Å². The van der Waals surface area contributed by atoms with Gasteiger partial charge in [0.25, 0.3) is 0 Å². The fraction of sp³-hybridized carbons (Fsp3) is 0.375. The minimum absolute atomic E-state index is 0.118. The van der Waals surface area contributed by atoms with Crippen LogP contribution < -0.4 is 10.2 Å². The van der Waals surface area contributed by atoms with E-state index < -0.39 is 0 Å². The molecule has 9 heteroatoms. The normalized spacial score (nSPS) is 18.2. The Morgan fingerprint density at radius 1 is 1.21 bits per heavy atom. The number of aromatic nitrogens is 5. The highest BCUT2D eigenvalue weighted by atomic mass is 35.5. The van der Waals surface area contributed by atoms with Crippen LogP contribution >= 0.6 is 11.6 Å². The maximum absolute atomic E-state index is 10.3. The number of nitrogens with one attached hydrogen (secondary N) is 1. The third-order valence-corrected chi connectivity index (χ3v) is 7.22. The topological polar surface area (TPSA) is 84.0 Å². The number of hydrogen-bond donors (Lipinski definition) is 2. The van der Waals surface area contributed by atoms with E-state index in [9.17, 15) is 5.11 Å². The summed E-state index contributed by atoms with van der Waals surface area (Å²) in [5, 5.41) is 20.0. The Bertz CT molecular complexity index is 1330. The van der Waals surface area contributed by atoms with Crippen LogP contribution in [0, 0.1) is 13.8 Å². The quantitative estimate of drug-likeness (QED) is 0.451. The van der Waals surface area contributed by atoms with Gasteiger partial charge in [0.15, 0.2) is 5.82 Å². The molecule has 0 bridgehead atoms. The van der Waals surface area contributed by atoms with Crippen molar-refractivity contribution >= 4 is 39.8 Å². The van der Waals surface area contributed by atoms with Crippen LogP contribution in [0.4, 0.5) is 17.3 Å². The lowest BCUT2D eigenvalue weighted by Gasteiger charge is -2.28. The third kappa shape index (κ3) is 3.83. The van der Waals surface area contributed by atoms with Gasteiger partial charge in [0.2, 0.25) is 5.95 Å². The molecule has 8 nitrogen and oxygen atoms in total. The molecule has 1 aliphatic rings. The maximum atomic E-state index is 10.3. The number of aryl methyl sites for hydroxylation is 2. The van der Waals surface area contributed by atoms with Gasteiger partial charge in [0.05, 0.1) is 34.7 Å². The minimum atomic E-state index is -0.299. The number of likely N-dealkylation sites (N-methyl/N-ethyl adjacent to an activating group) is 1. The molecule has 1 saturated carbocycles. The number of nitrogens with zero attached hydrogens (tertiary/aromatic N) is 6. The van der Waals surface area contributed by atoms with Crippen molar-refractivity contribution in [2.45, 2.75) is 45.3 Å². The Hall–Kier alpha value is -3.10.